The first kappa shape index (κ1) is 10.1. The fourth-order valence-electron chi connectivity index (χ4n) is 1.53. The maximum atomic E-state index is 5.95. The lowest BCUT2D eigenvalue weighted by molar-refractivity contribution is 0.865. The Hall–Kier alpha value is -1.48. The van der Waals surface area contributed by atoms with Gasteiger partial charge in [0.2, 0.25) is 0 Å². The van der Waals surface area contributed by atoms with Crippen LogP contribution in [0.15, 0.2) is 24.4 Å². The standard InChI is InChI=1S/C11H12ClN3/c1-7-14-6-11(15(7)2)8-3-9(12)5-10(13)4-8/h3-6H,13H2,1-2H3. The fourth-order valence-corrected chi connectivity index (χ4v) is 1.77. The summed E-state index contributed by atoms with van der Waals surface area (Å²) in [7, 11) is 1.97. The highest BCUT2D eigenvalue weighted by Crippen LogP contribution is 2.25. The number of nitrogen functional groups attached to an aromatic ring is 1. The van der Waals surface area contributed by atoms with Gasteiger partial charge in [0.25, 0.3) is 0 Å². The summed E-state index contributed by atoms with van der Waals surface area (Å²) in [5.41, 5.74) is 8.41. The van der Waals surface area contributed by atoms with E-state index in [2.05, 4.69) is 4.98 Å². The van der Waals surface area contributed by atoms with Gasteiger partial charge in [-0.3, -0.25) is 0 Å². The van der Waals surface area contributed by atoms with Crippen LogP contribution in [-0.2, 0) is 7.05 Å². The molecule has 0 aliphatic rings. The van der Waals surface area contributed by atoms with Crippen LogP contribution < -0.4 is 5.73 Å². The Balaban J connectivity index is 2.58. The number of benzene rings is 1. The van der Waals surface area contributed by atoms with Crippen molar-refractivity contribution in [1.82, 2.24) is 9.55 Å². The largest absolute Gasteiger partial charge is 0.399 e. The second-order valence-corrected chi connectivity index (χ2v) is 3.96. The maximum absolute atomic E-state index is 5.95. The molecule has 0 unspecified atom stereocenters. The molecular formula is C11H12ClN3. The highest BCUT2D eigenvalue weighted by Gasteiger charge is 2.06. The summed E-state index contributed by atoms with van der Waals surface area (Å²) < 4.78 is 2.01. The predicted octanol–water partition coefficient (Wildman–Crippen LogP) is 2.63. The Kier molecular flexibility index (Phi) is 2.40. The Morgan fingerprint density at radius 1 is 1.33 bits per heavy atom. The summed E-state index contributed by atoms with van der Waals surface area (Å²) in [6.07, 6.45) is 1.82. The van der Waals surface area contributed by atoms with Crippen molar-refractivity contribution in [3.63, 3.8) is 0 Å². The average molecular weight is 222 g/mol. The zero-order chi connectivity index (χ0) is 11.0. The van der Waals surface area contributed by atoms with Crippen LogP contribution in [-0.4, -0.2) is 9.55 Å². The third-order valence-electron chi connectivity index (χ3n) is 2.44. The van der Waals surface area contributed by atoms with Gasteiger partial charge in [-0.15, -0.1) is 0 Å². The molecule has 0 amide bonds. The molecule has 3 nitrogen and oxygen atoms in total. The van der Waals surface area contributed by atoms with Crippen LogP contribution in [0.3, 0.4) is 0 Å². The third kappa shape index (κ3) is 1.83. The van der Waals surface area contributed by atoms with Crippen LogP contribution >= 0.6 is 11.6 Å². The Morgan fingerprint density at radius 3 is 2.60 bits per heavy atom. The molecule has 4 heteroatoms. The highest BCUT2D eigenvalue weighted by atomic mass is 35.5. The molecule has 0 atom stereocenters. The molecular weight excluding hydrogens is 210 g/mol. The van der Waals surface area contributed by atoms with Crippen LogP contribution in [0.1, 0.15) is 5.82 Å². The summed E-state index contributed by atoms with van der Waals surface area (Å²) in [5.74, 6) is 0.962. The quantitative estimate of drug-likeness (QED) is 0.753. The van der Waals surface area contributed by atoms with E-state index in [0.29, 0.717) is 10.7 Å². The summed E-state index contributed by atoms with van der Waals surface area (Å²) in [5, 5.41) is 0.642. The molecule has 0 radical (unpaired) electrons. The molecule has 2 rings (SSSR count). The number of anilines is 1. The Bertz CT molecular complexity index is 482. The van der Waals surface area contributed by atoms with E-state index in [-0.39, 0.29) is 0 Å². The van der Waals surface area contributed by atoms with Crippen molar-refractivity contribution in [2.24, 2.45) is 7.05 Å². The molecule has 0 spiro atoms. The lowest BCUT2D eigenvalue weighted by Gasteiger charge is -2.05. The molecule has 0 aliphatic heterocycles. The number of hydrogen-bond donors (Lipinski definition) is 1. The summed E-state index contributed by atoms with van der Waals surface area (Å²) in [4.78, 5) is 4.23. The normalized spacial score (nSPS) is 10.6. The molecule has 78 valence electrons. The van der Waals surface area contributed by atoms with Crippen molar-refractivity contribution in [1.29, 1.82) is 0 Å². The van der Waals surface area contributed by atoms with Gasteiger partial charge in [0, 0.05) is 23.3 Å². The van der Waals surface area contributed by atoms with Crippen molar-refractivity contribution >= 4 is 17.3 Å². The Morgan fingerprint density at radius 2 is 2.07 bits per heavy atom. The minimum absolute atomic E-state index is 0.642. The van der Waals surface area contributed by atoms with Gasteiger partial charge in [0.1, 0.15) is 5.82 Å². The van der Waals surface area contributed by atoms with Crippen molar-refractivity contribution in [3.8, 4) is 11.3 Å². The smallest absolute Gasteiger partial charge is 0.105 e. The highest BCUT2D eigenvalue weighted by molar-refractivity contribution is 6.31. The van der Waals surface area contributed by atoms with Crippen molar-refractivity contribution in [3.05, 3.63) is 35.2 Å². The SMILES string of the molecule is Cc1ncc(-c2cc(N)cc(Cl)c2)n1C. The van der Waals surface area contributed by atoms with Crippen LogP contribution in [0.25, 0.3) is 11.3 Å². The number of rotatable bonds is 1. The van der Waals surface area contributed by atoms with E-state index in [4.69, 9.17) is 17.3 Å². The van der Waals surface area contributed by atoms with Crippen LogP contribution in [0.5, 0.6) is 0 Å². The van der Waals surface area contributed by atoms with Gasteiger partial charge in [0.15, 0.2) is 0 Å². The van der Waals surface area contributed by atoms with E-state index in [9.17, 15) is 0 Å². The topological polar surface area (TPSA) is 43.8 Å². The maximum Gasteiger partial charge on any atom is 0.105 e. The van der Waals surface area contributed by atoms with Gasteiger partial charge in [-0.2, -0.15) is 0 Å². The lowest BCUT2D eigenvalue weighted by Crippen LogP contribution is -1.95. The van der Waals surface area contributed by atoms with E-state index in [1.54, 1.807) is 6.07 Å². The van der Waals surface area contributed by atoms with E-state index in [1.165, 1.54) is 0 Å². The lowest BCUT2D eigenvalue weighted by atomic mass is 10.1. The third-order valence-corrected chi connectivity index (χ3v) is 2.65. The summed E-state index contributed by atoms with van der Waals surface area (Å²) in [6.45, 7) is 1.96. The molecule has 1 aromatic heterocycles. The number of nitrogens with zero attached hydrogens (tertiary/aromatic N) is 2. The number of aromatic nitrogens is 2. The number of imidazole rings is 1. The zero-order valence-corrected chi connectivity index (χ0v) is 9.42. The second-order valence-electron chi connectivity index (χ2n) is 3.52. The number of nitrogens with two attached hydrogens (primary N) is 1. The van der Waals surface area contributed by atoms with Gasteiger partial charge in [-0.25, -0.2) is 4.98 Å². The van der Waals surface area contributed by atoms with Gasteiger partial charge < -0.3 is 10.3 Å². The minimum atomic E-state index is 0.642. The molecule has 0 fully saturated rings. The number of hydrogen-bond acceptors (Lipinski definition) is 2. The molecule has 0 saturated carbocycles. The van der Waals surface area contributed by atoms with Crippen molar-refractivity contribution in [2.75, 3.05) is 5.73 Å². The Labute approximate surface area is 93.5 Å². The fraction of sp³-hybridized carbons (Fsp3) is 0.182. The zero-order valence-electron chi connectivity index (χ0n) is 8.66. The first-order chi connectivity index (χ1) is 7.08. The van der Waals surface area contributed by atoms with Crippen LogP contribution in [0, 0.1) is 6.92 Å². The monoisotopic (exact) mass is 221 g/mol. The minimum Gasteiger partial charge on any atom is -0.399 e. The van der Waals surface area contributed by atoms with E-state index in [0.717, 1.165) is 17.1 Å². The number of aryl methyl sites for hydroxylation is 1. The number of halogens is 1. The predicted molar refractivity (Wildman–Crippen MR) is 62.8 cm³/mol. The summed E-state index contributed by atoms with van der Waals surface area (Å²) in [6, 6.07) is 5.50. The van der Waals surface area contributed by atoms with Gasteiger partial charge >= 0.3 is 0 Å². The van der Waals surface area contributed by atoms with Crippen LogP contribution in [0.2, 0.25) is 5.02 Å². The van der Waals surface area contributed by atoms with Crippen molar-refractivity contribution in [2.45, 2.75) is 6.92 Å². The van der Waals surface area contributed by atoms with Gasteiger partial charge in [-0.05, 0) is 25.1 Å². The van der Waals surface area contributed by atoms with Crippen molar-refractivity contribution < 1.29 is 0 Å². The van der Waals surface area contributed by atoms with Gasteiger partial charge in [0.05, 0.1) is 11.9 Å². The molecule has 15 heavy (non-hydrogen) atoms. The molecule has 2 N–H and O–H groups in total. The van der Waals surface area contributed by atoms with Crippen LogP contribution in [0.4, 0.5) is 5.69 Å². The molecule has 2 aromatic rings. The van der Waals surface area contributed by atoms with E-state index < -0.39 is 0 Å². The first-order valence-corrected chi connectivity index (χ1v) is 5.00. The summed E-state index contributed by atoms with van der Waals surface area (Å²) >= 11 is 5.95. The van der Waals surface area contributed by atoms with Gasteiger partial charge in [-0.1, -0.05) is 11.6 Å². The molecule has 0 aliphatic carbocycles. The molecule has 0 bridgehead atoms. The molecule has 1 aromatic carbocycles. The van der Waals surface area contributed by atoms with E-state index >= 15 is 0 Å². The van der Waals surface area contributed by atoms with E-state index in [1.807, 2.05) is 36.9 Å². The average Bonchev–Trinajstić information content (AvgIpc) is 2.46. The first-order valence-electron chi connectivity index (χ1n) is 4.62. The molecule has 0 saturated heterocycles. The second kappa shape index (κ2) is 3.59. The molecule has 1 heterocycles.